The van der Waals surface area contributed by atoms with E-state index >= 15 is 0 Å². The molecule has 0 fully saturated rings. The summed E-state index contributed by atoms with van der Waals surface area (Å²) in [6.07, 6.45) is 2.81. The number of hydrogen-bond donors (Lipinski definition) is 1. The number of aromatic nitrogens is 3. The third kappa shape index (κ3) is 3.85. The zero-order chi connectivity index (χ0) is 15.4. The molecule has 0 aliphatic carbocycles. The maximum atomic E-state index is 4.66. The van der Waals surface area contributed by atoms with E-state index in [1.165, 1.54) is 11.1 Å². The summed E-state index contributed by atoms with van der Waals surface area (Å²) in [5, 5.41) is 3.22. The molecule has 4 nitrogen and oxygen atoms in total. The van der Waals surface area contributed by atoms with Crippen molar-refractivity contribution in [2.75, 3.05) is 13.6 Å². The summed E-state index contributed by atoms with van der Waals surface area (Å²) in [5.41, 5.74) is 5.39. The lowest BCUT2D eigenvalue weighted by Crippen LogP contribution is -2.19. The van der Waals surface area contributed by atoms with Gasteiger partial charge in [-0.1, -0.05) is 6.92 Å². The number of rotatable bonds is 5. The molecule has 0 spiro atoms. The average molecular weight is 284 g/mol. The van der Waals surface area contributed by atoms with Gasteiger partial charge in [-0.05, 0) is 70.0 Å². The first kappa shape index (κ1) is 15.6. The van der Waals surface area contributed by atoms with Crippen LogP contribution in [0.5, 0.6) is 0 Å². The topological polar surface area (TPSA) is 50.7 Å². The predicted molar refractivity (Wildman–Crippen MR) is 86.3 cm³/mol. The van der Waals surface area contributed by atoms with Gasteiger partial charge in [-0.3, -0.25) is 4.98 Å². The molecule has 0 saturated carbocycles. The standard InChI is InChI=1S/C17H24N4/c1-11-6-7-19-16(9-11)17-20-13(3)15(14(4)21-17)8-12(2)10-18-5/h6-7,9,12,18H,8,10H2,1-5H3. The van der Waals surface area contributed by atoms with Crippen LogP contribution in [-0.2, 0) is 6.42 Å². The van der Waals surface area contributed by atoms with Gasteiger partial charge in [-0.15, -0.1) is 0 Å². The molecule has 0 aliphatic heterocycles. The first-order chi connectivity index (χ1) is 10.0. The molecule has 2 heterocycles. The molecule has 112 valence electrons. The van der Waals surface area contributed by atoms with Crippen molar-refractivity contribution in [3.05, 3.63) is 40.8 Å². The Labute approximate surface area is 127 Å². The van der Waals surface area contributed by atoms with Gasteiger partial charge in [-0.2, -0.15) is 0 Å². The van der Waals surface area contributed by atoms with Crippen molar-refractivity contribution in [2.45, 2.75) is 34.1 Å². The summed E-state index contributed by atoms with van der Waals surface area (Å²) in [6, 6.07) is 4.01. The van der Waals surface area contributed by atoms with E-state index < -0.39 is 0 Å². The van der Waals surface area contributed by atoms with Gasteiger partial charge in [0.05, 0.1) is 0 Å². The van der Waals surface area contributed by atoms with Crippen LogP contribution in [0.3, 0.4) is 0 Å². The van der Waals surface area contributed by atoms with E-state index in [0.717, 1.165) is 35.9 Å². The fourth-order valence-electron chi connectivity index (χ4n) is 2.58. The fourth-order valence-corrected chi connectivity index (χ4v) is 2.58. The van der Waals surface area contributed by atoms with Crippen LogP contribution in [-0.4, -0.2) is 28.5 Å². The second-order valence-electron chi connectivity index (χ2n) is 5.78. The van der Waals surface area contributed by atoms with Crippen molar-refractivity contribution in [3.63, 3.8) is 0 Å². The van der Waals surface area contributed by atoms with Crippen LogP contribution in [0, 0.1) is 26.7 Å². The Hall–Kier alpha value is -1.81. The highest BCUT2D eigenvalue weighted by Gasteiger charge is 2.13. The molecule has 1 atom stereocenters. The largest absolute Gasteiger partial charge is 0.319 e. The molecule has 2 aromatic rings. The molecule has 2 aromatic heterocycles. The van der Waals surface area contributed by atoms with Gasteiger partial charge in [0.25, 0.3) is 0 Å². The normalized spacial score (nSPS) is 12.4. The van der Waals surface area contributed by atoms with Crippen molar-refractivity contribution < 1.29 is 0 Å². The van der Waals surface area contributed by atoms with Crippen LogP contribution in [0.25, 0.3) is 11.5 Å². The van der Waals surface area contributed by atoms with Crippen LogP contribution in [0.15, 0.2) is 18.3 Å². The smallest absolute Gasteiger partial charge is 0.178 e. The predicted octanol–water partition coefficient (Wildman–Crippen LogP) is 2.86. The SMILES string of the molecule is CNCC(C)Cc1c(C)nc(-c2cc(C)ccn2)nc1C. The first-order valence-electron chi connectivity index (χ1n) is 7.43. The number of nitrogens with zero attached hydrogens (tertiary/aromatic N) is 3. The van der Waals surface area contributed by atoms with Gasteiger partial charge in [0, 0.05) is 17.6 Å². The van der Waals surface area contributed by atoms with Crippen molar-refractivity contribution in [1.82, 2.24) is 20.3 Å². The highest BCUT2D eigenvalue weighted by Crippen LogP contribution is 2.20. The van der Waals surface area contributed by atoms with E-state index in [4.69, 9.17) is 0 Å². The molecule has 4 heteroatoms. The lowest BCUT2D eigenvalue weighted by atomic mass is 9.98. The highest BCUT2D eigenvalue weighted by atomic mass is 14.9. The molecule has 0 amide bonds. The summed E-state index contributed by atoms with van der Waals surface area (Å²) < 4.78 is 0. The van der Waals surface area contributed by atoms with E-state index in [0.29, 0.717) is 5.92 Å². The van der Waals surface area contributed by atoms with E-state index in [1.807, 2.05) is 25.4 Å². The summed E-state index contributed by atoms with van der Waals surface area (Å²) in [7, 11) is 1.99. The Kier molecular flexibility index (Phi) is 5.02. The number of hydrogen-bond acceptors (Lipinski definition) is 4. The Morgan fingerprint density at radius 1 is 1.14 bits per heavy atom. The third-order valence-electron chi connectivity index (χ3n) is 3.67. The lowest BCUT2D eigenvalue weighted by Gasteiger charge is -2.15. The third-order valence-corrected chi connectivity index (χ3v) is 3.67. The Morgan fingerprint density at radius 3 is 2.38 bits per heavy atom. The van der Waals surface area contributed by atoms with Gasteiger partial charge in [-0.25, -0.2) is 9.97 Å². The molecule has 1 N–H and O–H groups in total. The van der Waals surface area contributed by atoms with Crippen molar-refractivity contribution in [1.29, 1.82) is 0 Å². The molecule has 2 rings (SSSR count). The molecule has 0 bridgehead atoms. The summed E-state index contributed by atoms with van der Waals surface area (Å²) >= 11 is 0. The van der Waals surface area contributed by atoms with Crippen LogP contribution < -0.4 is 5.32 Å². The molecule has 21 heavy (non-hydrogen) atoms. The molecular formula is C17H24N4. The zero-order valence-electron chi connectivity index (χ0n) is 13.6. The second-order valence-corrected chi connectivity index (χ2v) is 5.78. The van der Waals surface area contributed by atoms with Crippen molar-refractivity contribution in [2.24, 2.45) is 5.92 Å². The Balaban J connectivity index is 2.33. The van der Waals surface area contributed by atoms with Gasteiger partial charge >= 0.3 is 0 Å². The molecule has 1 unspecified atom stereocenters. The van der Waals surface area contributed by atoms with Crippen LogP contribution in [0.1, 0.15) is 29.4 Å². The van der Waals surface area contributed by atoms with Crippen molar-refractivity contribution in [3.8, 4) is 11.5 Å². The molecule has 0 radical (unpaired) electrons. The van der Waals surface area contributed by atoms with Gasteiger partial charge in [0.1, 0.15) is 5.69 Å². The van der Waals surface area contributed by atoms with Gasteiger partial charge < -0.3 is 5.32 Å². The van der Waals surface area contributed by atoms with Crippen LogP contribution >= 0.6 is 0 Å². The minimum Gasteiger partial charge on any atom is -0.319 e. The van der Waals surface area contributed by atoms with Crippen molar-refractivity contribution >= 4 is 0 Å². The lowest BCUT2D eigenvalue weighted by molar-refractivity contribution is 0.537. The molecule has 0 aromatic carbocycles. The maximum Gasteiger partial charge on any atom is 0.178 e. The Bertz CT molecular complexity index is 599. The average Bonchev–Trinajstić information content (AvgIpc) is 2.43. The van der Waals surface area contributed by atoms with Crippen LogP contribution in [0.2, 0.25) is 0 Å². The zero-order valence-corrected chi connectivity index (χ0v) is 13.6. The molecule has 0 aliphatic rings. The summed E-state index contributed by atoms with van der Waals surface area (Å²) in [6.45, 7) is 9.43. The van der Waals surface area contributed by atoms with E-state index in [2.05, 4.69) is 48.0 Å². The highest BCUT2D eigenvalue weighted by molar-refractivity contribution is 5.51. The minimum absolute atomic E-state index is 0.568. The van der Waals surface area contributed by atoms with E-state index in [-0.39, 0.29) is 0 Å². The number of nitrogens with one attached hydrogen (secondary N) is 1. The van der Waals surface area contributed by atoms with E-state index in [1.54, 1.807) is 0 Å². The van der Waals surface area contributed by atoms with Gasteiger partial charge in [0.2, 0.25) is 0 Å². The quantitative estimate of drug-likeness (QED) is 0.917. The van der Waals surface area contributed by atoms with Crippen LogP contribution in [0.4, 0.5) is 0 Å². The minimum atomic E-state index is 0.568. The van der Waals surface area contributed by atoms with E-state index in [9.17, 15) is 0 Å². The number of pyridine rings is 1. The summed E-state index contributed by atoms with van der Waals surface area (Å²) in [5.74, 6) is 1.29. The van der Waals surface area contributed by atoms with Gasteiger partial charge in [0.15, 0.2) is 5.82 Å². The Morgan fingerprint density at radius 2 is 1.81 bits per heavy atom. The first-order valence-corrected chi connectivity index (χ1v) is 7.43. The maximum absolute atomic E-state index is 4.66. The summed E-state index contributed by atoms with van der Waals surface area (Å²) in [4.78, 5) is 13.7. The molecular weight excluding hydrogens is 260 g/mol. The fraction of sp³-hybridized carbons (Fsp3) is 0.471. The molecule has 0 saturated heterocycles. The monoisotopic (exact) mass is 284 g/mol. The second kappa shape index (κ2) is 6.76. The number of aryl methyl sites for hydroxylation is 3.